The second kappa shape index (κ2) is 7.48. The van der Waals surface area contributed by atoms with Crippen molar-refractivity contribution < 1.29 is 9.53 Å². The molecule has 0 bridgehead atoms. The summed E-state index contributed by atoms with van der Waals surface area (Å²) in [5, 5.41) is 2.96. The van der Waals surface area contributed by atoms with Gasteiger partial charge in [0.1, 0.15) is 5.75 Å². The minimum Gasteiger partial charge on any atom is -0.497 e. The Labute approximate surface area is 126 Å². The van der Waals surface area contributed by atoms with Gasteiger partial charge in [-0.25, -0.2) is 0 Å². The Morgan fingerprint density at radius 1 is 1.14 bits per heavy atom. The molecule has 0 saturated carbocycles. The summed E-state index contributed by atoms with van der Waals surface area (Å²) in [6.07, 6.45) is 1.24. The first-order valence-corrected chi connectivity index (χ1v) is 7.13. The van der Waals surface area contributed by atoms with Gasteiger partial charge in [-0.2, -0.15) is 0 Å². The lowest BCUT2D eigenvalue weighted by molar-refractivity contribution is -0.120. The molecule has 3 nitrogen and oxygen atoms in total. The second-order valence-electron chi connectivity index (χ2n) is 5.05. The van der Waals surface area contributed by atoms with Crippen molar-refractivity contribution in [3.63, 3.8) is 0 Å². The highest BCUT2D eigenvalue weighted by Gasteiger charge is 2.04. The zero-order valence-electron chi connectivity index (χ0n) is 12.6. The molecule has 0 aliphatic rings. The Hall–Kier alpha value is -2.29. The van der Waals surface area contributed by atoms with Gasteiger partial charge in [0.15, 0.2) is 0 Å². The molecule has 3 heteroatoms. The third-order valence-corrected chi connectivity index (χ3v) is 3.48. The van der Waals surface area contributed by atoms with Gasteiger partial charge in [0, 0.05) is 6.54 Å². The second-order valence-corrected chi connectivity index (χ2v) is 5.05. The molecule has 0 heterocycles. The van der Waals surface area contributed by atoms with Crippen molar-refractivity contribution in [2.45, 2.75) is 19.8 Å². The van der Waals surface area contributed by atoms with Gasteiger partial charge in [-0.05, 0) is 42.2 Å². The maximum atomic E-state index is 11.9. The van der Waals surface area contributed by atoms with E-state index in [4.69, 9.17) is 4.74 Å². The molecule has 1 amide bonds. The van der Waals surface area contributed by atoms with Crippen molar-refractivity contribution in [3.8, 4) is 5.75 Å². The number of benzene rings is 2. The van der Waals surface area contributed by atoms with Crippen molar-refractivity contribution in [2.24, 2.45) is 0 Å². The molecular formula is C18H21NO2. The Morgan fingerprint density at radius 3 is 2.71 bits per heavy atom. The molecule has 2 rings (SSSR count). The fourth-order valence-corrected chi connectivity index (χ4v) is 2.26. The molecule has 0 saturated heterocycles. The van der Waals surface area contributed by atoms with Crippen LogP contribution in [0.25, 0.3) is 0 Å². The number of ether oxygens (including phenoxy) is 1. The average molecular weight is 283 g/mol. The number of amides is 1. The first-order valence-electron chi connectivity index (χ1n) is 7.13. The molecule has 0 atom stereocenters. The third kappa shape index (κ3) is 4.63. The molecule has 110 valence electrons. The number of hydrogen-bond acceptors (Lipinski definition) is 2. The molecule has 2 aromatic carbocycles. The average Bonchev–Trinajstić information content (AvgIpc) is 2.49. The van der Waals surface area contributed by atoms with Crippen LogP contribution in [0, 0.1) is 6.92 Å². The number of hydrogen-bond donors (Lipinski definition) is 1. The number of carbonyl (C=O) groups is 1. The van der Waals surface area contributed by atoms with Gasteiger partial charge in [0.25, 0.3) is 0 Å². The van der Waals surface area contributed by atoms with Gasteiger partial charge in [0.05, 0.1) is 13.5 Å². The van der Waals surface area contributed by atoms with Crippen LogP contribution >= 0.6 is 0 Å². The van der Waals surface area contributed by atoms with Crippen molar-refractivity contribution in [2.75, 3.05) is 13.7 Å². The van der Waals surface area contributed by atoms with E-state index >= 15 is 0 Å². The standard InChI is InChI=1S/C18H21NO2/c1-14-6-3-4-8-16(14)10-11-19-18(20)13-15-7-5-9-17(12-15)21-2/h3-9,12H,10-11,13H2,1-2H3,(H,19,20). The summed E-state index contributed by atoms with van der Waals surface area (Å²) in [7, 11) is 1.63. The van der Waals surface area contributed by atoms with Crippen LogP contribution in [-0.4, -0.2) is 19.6 Å². The first kappa shape index (κ1) is 15.1. The minimum atomic E-state index is 0.0387. The molecule has 0 unspecified atom stereocenters. The van der Waals surface area contributed by atoms with Crippen molar-refractivity contribution in [1.29, 1.82) is 0 Å². The van der Waals surface area contributed by atoms with E-state index in [1.54, 1.807) is 7.11 Å². The van der Waals surface area contributed by atoms with Crippen LogP contribution in [0.2, 0.25) is 0 Å². The monoisotopic (exact) mass is 283 g/mol. The lowest BCUT2D eigenvalue weighted by atomic mass is 10.1. The summed E-state index contributed by atoms with van der Waals surface area (Å²) >= 11 is 0. The molecule has 0 radical (unpaired) electrons. The lowest BCUT2D eigenvalue weighted by Gasteiger charge is -2.08. The molecular weight excluding hydrogens is 262 g/mol. The van der Waals surface area contributed by atoms with E-state index in [1.807, 2.05) is 36.4 Å². The number of methoxy groups -OCH3 is 1. The van der Waals surface area contributed by atoms with Gasteiger partial charge < -0.3 is 10.1 Å². The maximum absolute atomic E-state index is 11.9. The summed E-state index contributed by atoms with van der Waals surface area (Å²) < 4.78 is 5.16. The van der Waals surface area contributed by atoms with Crippen molar-refractivity contribution in [1.82, 2.24) is 5.32 Å². The van der Waals surface area contributed by atoms with Crippen LogP contribution in [0.1, 0.15) is 16.7 Å². The van der Waals surface area contributed by atoms with E-state index in [-0.39, 0.29) is 5.91 Å². The molecule has 0 aliphatic heterocycles. The SMILES string of the molecule is COc1cccc(CC(=O)NCCc2ccccc2C)c1. The number of nitrogens with one attached hydrogen (secondary N) is 1. The van der Waals surface area contributed by atoms with E-state index < -0.39 is 0 Å². The van der Waals surface area contributed by atoms with Gasteiger partial charge in [-0.3, -0.25) is 4.79 Å². The molecule has 21 heavy (non-hydrogen) atoms. The van der Waals surface area contributed by atoms with E-state index in [1.165, 1.54) is 11.1 Å². The smallest absolute Gasteiger partial charge is 0.224 e. The summed E-state index contributed by atoms with van der Waals surface area (Å²) in [6, 6.07) is 15.8. The maximum Gasteiger partial charge on any atom is 0.224 e. The fraction of sp³-hybridized carbons (Fsp3) is 0.278. The van der Waals surface area contributed by atoms with Crippen LogP contribution in [0.5, 0.6) is 5.75 Å². The highest BCUT2D eigenvalue weighted by molar-refractivity contribution is 5.78. The van der Waals surface area contributed by atoms with E-state index in [0.29, 0.717) is 13.0 Å². The quantitative estimate of drug-likeness (QED) is 0.885. The molecule has 0 spiro atoms. The molecule has 2 aromatic rings. The highest BCUT2D eigenvalue weighted by Crippen LogP contribution is 2.13. The molecule has 0 aromatic heterocycles. The number of carbonyl (C=O) groups excluding carboxylic acids is 1. The van der Waals surface area contributed by atoms with Gasteiger partial charge in [0.2, 0.25) is 5.91 Å². The zero-order valence-corrected chi connectivity index (χ0v) is 12.6. The Kier molecular flexibility index (Phi) is 5.38. The lowest BCUT2D eigenvalue weighted by Crippen LogP contribution is -2.27. The Bertz CT molecular complexity index is 608. The van der Waals surface area contributed by atoms with Crippen molar-refractivity contribution >= 4 is 5.91 Å². The largest absolute Gasteiger partial charge is 0.497 e. The summed E-state index contributed by atoms with van der Waals surface area (Å²) in [5.74, 6) is 0.817. The van der Waals surface area contributed by atoms with Gasteiger partial charge in [-0.1, -0.05) is 36.4 Å². The van der Waals surface area contributed by atoms with E-state index in [0.717, 1.165) is 17.7 Å². The highest BCUT2D eigenvalue weighted by atomic mass is 16.5. The van der Waals surface area contributed by atoms with Gasteiger partial charge >= 0.3 is 0 Å². The van der Waals surface area contributed by atoms with Crippen LogP contribution < -0.4 is 10.1 Å². The normalized spacial score (nSPS) is 10.2. The number of aryl methyl sites for hydroxylation is 1. The fourth-order valence-electron chi connectivity index (χ4n) is 2.26. The van der Waals surface area contributed by atoms with Crippen molar-refractivity contribution in [3.05, 3.63) is 65.2 Å². The van der Waals surface area contributed by atoms with Crippen LogP contribution in [0.15, 0.2) is 48.5 Å². The van der Waals surface area contributed by atoms with Gasteiger partial charge in [-0.15, -0.1) is 0 Å². The Balaban J connectivity index is 1.81. The van der Waals surface area contributed by atoms with Crippen LogP contribution in [-0.2, 0) is 17.6 Å². The molecule has 0 aliphatic carbocycles. The predicted molar refractivity (Wildman–Crippen MR) is 84.6 cm³/mol. The zero-order chi connectivity index (χ0) is 15.1. The Morgan fingerprint density at radius 2 is 1.95 bits per heavy atom. The van der Waals surface area contributed by atoms with E-state index in [2.05, 4.69) is 24.4 Å². The number of rotatable bonds is 6. The summed E-state index contributed by atoms with van der Waals surface area (Å²) in [4.78, 5) is 11.9. The third-order valence-electron chi connectivity index (χ3n) is 3.48. The van der Waals surface area contributed by atoms with Crippen LogP contribution in [0.4, 0.5) is 0 Å². The minimum absolute atomic E-state index is 0.0387. The van der Waals surface area contributed by atoms with E-state index in [9.17, 15) is 4.79 Å². The first-order chi connectivity index (χ1) is 10.2. The molecule has 1 N–H and O–H groups in total. The summed E-state index contributed by atoms with van der Waals surface area (Å²) in [6.45, 7) is 2.75. The molecule has 0 fully saturated rings. The topological polar surface area (TPSA) is 38.3 Å². The van der Waals surface area contributed by atoms with Crippen LogP contribution in [0.3, 0.4) is 0 Å². The predicted octanol–water partition coefficient (Wildman–Crippen LogP) is 2.91. The summed E-state index contributed by atoms with van der Waals surface area (Å²) in [5.41, 5.74) is 3.50.